The average Bonchev–Trinajstić information content (AvgIpc) is 3.17. The molecule has 0 aliphatic rings. The van der Waals surface area contributed by atoms with Crippen molar-refractivity contribution in [2.45, 2.75) is 17.5 Å². The van der Waals surface area contributed by atoms with Crippen molar-refractivity contribution in [2.24, 2.45) is 10.9 Å². The lowest BCUT2D eigenvalue weighted by Gasteiger charge is -2.18. The Labute approximate surface area is 185 Å². The van der Waals surface area contributed by atoms with Gasteiger partial charge in [-0.15, -0.1) is 0 Å². The number of carbonyl (C=O) groups is 1. The zero-order valence-corrected chi connectivity index (χ0v) is 17.9. The number of hydrogen-bond donors (Lipinski definition) is 2. The lowest BCUT2D eigenvalue weighted by atomic mass is 9.96. The molecule has 0 fully saturated rings. The molecule has 0 saturated heterocycles. The Morgan fingerprint density at radius 3 is 2.44 bits per heavy atom. The molecular formula is C19H16ClF3N4O4S. The number of aromatic nitrogens is 2. The molecule has 8 nitrogen and oxygen atoms in total. The summed E-state index contributed by atoms with van der Waals surface area (Å²) in [4.78, 5) is 11.0. The summed E-state index contributed by atoms with van der Waals surface area (Å²) < 4.78 is 70.2. The number of primary sulfonamides is 1. The molecule has 1 aromatic heterocycles. The number of nitrogens with two attached hydrogens (primary N) is 2. The minimum Gasteiger partial charge on any atom is -0.497 e. The van der Waals surface area contributed by atoms with Gasteiger partial charge < -0.3 is 10.5 Å². The average molecular weight is 489 g/mol. The summed E-state index contributed by atoms with van der Waals surface area (Å²) in [5.74, 6) is -0.409. The van der Waals surface area contributed by atoms with Gasteiger partial charge in [0, 0.05) is 17.3 Å². The van der Waals surface area contributed by atoms with Crippen molar-refractivity contribution in [3.05, 3.63) is 58.9 Å². The number of hydrogen-bond acceptors (Lipinski definition) is 5. The van der Waals surface area contributed by atoms with Crippen LogP contribution in [0.3, 0.4) is 0 Å². The lowest BCUT2D eigenvalue weighted by Crippen LogP contribution is -2.20. The molecule has 1 heterocycles. The Balaban J connectivity index is 2.41. The van der Waals surface area contributed by atoms with E-state index in [4.69, 9.17) is 27.2 Å². The van der Waals surface area contributed by atoms with Crippen LogP contribution in [-0.4, -0.2) is 31.2 Å². The number of primary amides is 1. The molecule has 0 atom stereocenters. The highest BCUT2D eigenvalue weighted by molar-refractivity contribution is 7.89. The molecule has 0 spiro atoms. The third-order valence-corrected chi connectivity index (χ3v) is 5.77. The van der Waals surface area contributed by atoms with Crippen LogP contribution < -0.4 is 15.6 Å². The first kappa shape index (κ1) is 23.6. The van der Waals surface area contributed by atoms with Crippen molar-refractivity contribution in [1.29, 1.82) is 0 Å². The molecule has 3 aromatic rings. The number of halogens is 4. The third-order valence-electron chi connectivity index (χ3n) is 4.47. The van der Waals surface area contributed by atoms with Gasteiger partial charge in [0.15, 0.2) is 0 Å². The Hall–Kier alpha value is -3.09. The largest absolute Gasteiger partial charge is 0.497 e. The molecule has 170 valence electrons. The van der Waals surface area contributed by atoms with E-state index in [2.05, 4.69) is 5.10 Å². The van der Waals surface area contributed by atoms with Gasteiger partial charge >= 0.3 is 6.18 Å². The molecule has 2 aromatic carbocycles. The maximum absolute atomic E-state index is 13.1. The monoisotopic (exact) mass is 488 g/mol. The first-order valence-electron chi connectivity index (χ1n) is 8.76. The van der Waals surface area contributed by atoms with E-state index >= 15 is 0 Å². The molecule has 0 bridgehead atoms. The van der Waals surface area contributed by atoms with Crippen molar-refractivity contribution in [3.63, 3.8) is 0 Å². The molecule has 0 saturated carbocycles. The van der Waals surface area contributed by atoms with Gasteiger partial charge in [0.25, 0.3) is 0 Å². The Bertz CT molecular complexity index is 1310. The number of benzene rings is 2. The van der Waals surface area contributed by atoms with Crippen LogP contribution in [0.2, 0.25) is 5.02 Å². The molecular weight excluding hydrogens is 473 g/mol. The second-order valence-electron chi connectivity index (χ2n) is 6.65. The summed E-state index contributed by atoms with van der Waals surface area (Å²) in [5, 5.41) is 9.14. The molecule has 0 aliphatic heterocycles. The number of nitrogens with zero attached hydrogens (tertiary/aromatic N) is 2. The predicted octanol–water partition coefficient (Wildman–Crippen LogP) is 2.90. The number of amides is 1. The number of ether oxygens (including phenoxy) is 1. The molecule has 4 N–H and O–H groups in total. The molecule has 1 amide bonds. The first-order valence-corrected chi connectivity index (χ1v) is 10.7. The van der Waals surface area contributed by atoms with E-state index in [1.54, 1.807) is 0 Å². The van der Waals surface area contributed by atoms with Crippen LogP contribution >= 0.6 is 11.6 Å². The molecule has 0 radical (unpaired) electrons. The van der Waals surface area contributed by atoms with Gasteiger partial charge in [0.2, 0.25) is 15.9 Å². The molecule has 32 heavy (non-hydrogen) atoms. The fourth-order valence-corrected chi connectivity index (χ4v) is 4.38. The number of methoxy groups -OCH3 is 1. The normalized spacial score (nSPS) is 12.1. The van der Waals surface area contributed by atoms with E-state index in [0.717, 1.165) is 4.68 Å². The van der Waals surface area contributed by atoms with Gasteiger partial charge in [0.05, 0.1) is 36.0 Å². The number of alkyl halides is 3. The predicted molar refractivity (Wildman–Crippen MR) is 110 cm³/mol. The lowest BCUT2D eigenvalue weighted by molar-refractivity contribution is -0.137. The summed E-state index contributed by atoms with van der Waals surface area (Å²) in [6, 6.07) is 6.86. The van der Waals surface area contributed by atoms with Gasteiger partial charge in [-0.25, -0.2) is 18.2 Å². The smallest absolute Gasteiger partial charge is 0.419 e. The van der Waals surface area contributed by atoms with Gasteiger partial charge in [-0.05, 0) is 29.8 Å². The molecule has 0 unspecified atom stereocenters. The first-order chi connectivity index (χ1) is 14.8. The van der Waals surface area contributed by atoms with Crippen molar-refractivity contribution < 1.29 is 31.1 Å². The van der Waals surface area contributed by atoms with Crippen LogP contribution in [0.15, 0.2) is 47.6 Å². The Morgan fingerprint density at radius 1 is 1.25 bits per heavy atom. The van der Waals surface area contributed by atoms with Crippen molar-refractivity contribution in [3.8, 4) is 22.6 Å². The Kier molecular flexibility index (Phi) is 6.22. The number of carbonyl (C=O) groups excluding carboxylic acids is 1. The topological polar surface area (TPSA) is 130 Å². The van der Waals surface area contributed by atoms with E-state index in [9.17, 15) is 26.4 Å². The van der Waals surface area contributed by atoms with Crippen LogP contribution in [0.4, 0.5) is 13.2 Å². The maximum Gasteiger partial charge on any atom is 0.419 e. The van der Waals surface area contributed by atoms with E-state index in [0.29, 0.717) is 18.1 Å². The van der Waals surface area contributed by atoms with E-state index in [1.807, 2.05) is 0 Å². The fraction of sp³-hybridized carbons (Fsp3) is 0.158. The van der Waals surface area contributed by atoms with Gasteiger partial charge in [-0.3, -0.25) is 4.79 Å². The minimum atomic E-state index is -4.70. The van der Waals surface area contributed by atoms with Crippen molar-refractivity contribution in [2.75, 3.05) is 7.11 Å². The fourth-order valence-electron chi connectivity index (χ4n) is 3.14. The van der Waals surface area contributed by atoms with Gasteiger partial charge in [-0.1, -0.05) is 17.7 Å². The van der Waals surface area contributed by atoms with Gasteiger partial charge in [0.1, 0.15) is 10.6 Å². The summed E-state index contributed by atoms with van der Waals surface area (Å²) in [6.07, 6.45) is -3.91. The van der Waals surface area contributed by atoms with Crippen molar-refractivity contribution in [1.82, 2.24) is 9.78 Å². The van der Waals surface area contributed by atoms with Crippen LogP contribution in [0.5, 0.6) is 5.75 Å². The second-order valence-corrected chi connectivity index (χ2v) is 8.56. The highest BCUT2D eigenvalue weighted by atomic mass is 35.5. The second kappa shape index (κ2) is 8.45. The number of sulfonamides is 1. The summed E-state index contributed by atoms with van der Waals surface area (Å²) in [5.41, 5.74) is 4.16. The molecule has 0 aliphatic carbocycles. The third kappa shape index (κ3) is 4.71. The maximum atomic E-state index is 13.1. The van der Waals surface area contributed by atoms with Crippen molar-refractivity contribution >= 4 is 27.5 Å². The van der Waals surface area contributed by atoms with Crippen LogP contribution in [0, 0.1) is 0 Å². The van der Waals surface area contributed by atoms with Crippen LogP contribution in [0.1, 0.15) is 11.1 Å². The number of rotatable bonds is 6. The standard InChI is InChI=1S/C19H16ClF3N4O4S/c1-31-12-3-4-13(14(20)7-12)17-10(6-16(24)28)2-5-15(18(17)32(25,29)30)27-9-11(8-26-27)19(21,22)23/h2-5,7-9H,6H2,1H3,(H2,24,28)(H2,25,29,30). The van der Waals surface area contributed by atoms with E-state index in [1.165, 1.54) is 37.4 Å². The van der Waals surface area contributed by atoms with Gasteiger partial charge in [-0.2, -0.15) is 18.3 Å². The zero-order chi connectivity index (χ0) is 23.8. The highest BCUT2D eigenvalue weighted by Crippen LogP contribution is 2.40. The zero-order valence-electron chi connectivity index (χ0n) is 16.4. The molecule has 3 rings (SSSR count). The summed E-state index contributed by atoms with van der Waals surface area (Å²) in [6.45, 7) is 0. The summed E-state index contributed by atoms with van der Waals surface area (Å²) >= 11 is 6.33. The SMILES string of the molecule is COc1ccc(-c2c(CC(N)=O)ccc(-n3cc(C(F)(F)F)cn3)c2S(N)(=O)=O)c(Cl)c1. The van der Waals surface area contributed by atoms with E-state index < -0.39 is 32.6 Å². The van der Waals surface area contributed by atoms with E-state index in [-0.39, 0.29) is 33.8 Å². The molecule has 13 heteroatoms. The van der Waals surface area contributed by atoms with Crippen LogP contribution in [-0.2, 0) is 27.4 Å². The Morgan fingerprint density at radius 2 is 1.94 bits per heavy atom. The quantitative estimate of drug-likeness (QED) is 0.551. The van der Waals surface area contributed by atoms with Crippen LogP contribution in [0.25, 0.3) is 16.8 Å². The minimum absolute atomic E-state index is 0.0496. The highest BCUT2D eigenvalue weighted by Gasteiger charge is 2.33. The summed E-state index contributed by atoms with van der Waals surface area (Å²) in [7, 11) is -3.16.